The van der Waals surface area contributed by atoms with Gasteiger partial charge < -0.3 is 15.2 Å². The molecule has 2 N–H and O–H groups in total. The van der Waals surface area contributed by atoms with Crippen molar-refractivity contribution < 1.29 is 19.4 Å². The second kappa shape index (κ2) is 6.81. The molecule has 7 heteroatoms. The van der Waals surface area contributed by atoms with Gasteiger partial charge in [0, 0.05) is 4.47 Å². The lowest BCUT2D eigenvalue weighted by molar-refractivity contribution is 0.0696. The lowest BCUT2D eigenvalue weighted by Gasteiger charge is -2.13. The normalized spacial score (nSPS) is 10.1. The molecule has 114 valence electrons. The summed E-state index contributed by atoms with van der Waals surface area (Å²) in [6, 6.07) is 9.42. The molecule has 2 rings (SSSR count). The highest BCUT2D eigenvalue weighted by Crippen LogP contribution is 2.35. The van der Waals surface area contributed by atoms with Crippen LogP contribution >= 0.6 is 27.5 Å². The molecule has 0 spiro atoms. The van der Waals surface area contributed by atoms with E-state index >= 15 is 0 Å². The van der Waals surface area contributed by atoms with Crippen LogP contribution < -0.4 is 10.1 Å². The van der Waals surface area contributed by atoms with Crippen LogP contribution in [-0.4, -0.2) is 24.1 Å². The number of carboxylic acids is 1. The number of ether oxygens (including phenoxy) is 1. The highest BCUT2D eigenvalue weighted by Gasteiger charge is 2.17. The molecule has 2 aromatic rings. The number of hydrogen-bond donors (Lipinski definition) is 2. The molecule has 1 amide bonds. The maximum atomic E-state index is 12.3. The van der Waals surface area contributed by atoms with Crippen LogP contribution in [0.3, 0.4) is 0 Å². The van der Waals surface area contributed by atoms with Crippen molar-refractivity contribution in [3.05, 3.63) is 57.0 Å². The number of hydrogen-bond acceptors (Lipinski definition) is 3. The van der Waals surface area contributed by atoms with Crippen LogP contribution in [0, 0.1) is 0 Å². The molecule has 0 aromatic heterocycles. The van der Waals surface area contributed by atoms with Crippen LogP contribution in [0.1, 0.15) is 20.7 Å². The zero-order valence-electron chi connectivity index (χ0n) is 11.4. The molecule has 22 heavy (non-hydrogen) atoms. The lowest BCUT2D eigenvalue weighted by atomic mass is 10.1. The van der Waals surface area contributed by atoms with Crippen molar-refractivity contribution in [2.75, 3.05) is 12.4 Å². The van der Waals surface area contributed by atoms with Gasteiger partial charge in [0.15, 0.2) is 5.75 Å². The van der Waals surface area contributed by atoms with E-state index < -0.39 is 11.9 Å². The number of benzene rings is 2. The number of halogens is 2. The smallest absolute Gasteiger partial charge is 0.335 e. The summed E-state index contributed by atoms with van der Waals surface area (Å²) in [6.07, 6.45) is 0. The Balaban J connectivity index is 2.42. The van der Waals surface area contributed by atoms with Crippen molar-refractivity contribution in [3.63, 3.8) is 0 Å². The number of amides is 1. The first-order valence-corrected chi connectivity index (χ1v) is 7.28. The van der Waals surface area contributed by atoms with Crippen molar-refractivity contribution in [2.24, 2.45) is 0 Å². The Morgan fingerprint density at radius 3 is 2.55 bits per heavy atom. The van der Waals surface area contributed by atoms with Gasteiger partial charge in [-0.1, -0.05) is 23.7 Å². The molecule has 0 aliphatic carbocycles. The molecule has 0 bridgehead atoms. The highest BCUT2D eigenvalue weighted by molar-refractivity contribution is 9.10. The third-order valence-corrected chi connectivity index (χ3v) is 3.83. The lowest BCUT2D eigenvalue weighted by Crippen LogP contribution is -2.14. The van der Waals surface area contributed by atoms with Crippen LogP contribution in [0.4, 0.5) is 5.69 Å². The number of rotatable bonds is 4. The largest absolute Gasteiger partial charge is 0.493 e. The predicted octanol–water partition coefficient (Wildman–Crippen LogP) is 4.06. The maximum Gasteiger partial charge on any atom is 0.335 e. The summed E-state index contributed by atoms with van der Waals surface area (Å²) in [5.74, 6) is -1.36. The SMILES string of the molecule is COc1c(Cl)cc(C(=O)O)cc1NC(=O)c1ccccc1Br. The van der Waals surface area contributed by atoms with Gasteiger partial charge >= 0.3 is 5.97 Å². The zero-order chi connectivity index (χ0) is 16.3. The molecule has 0 saturated carbocycles. The van der Waals surface area contributed by atoms with Gasteiger partial charge in [-0.15, -0.1) is 0 Å². The average Bonchev–Trinajstić information content (AvgIpc) is 2.47. The van der Waals surface area contributed by atoms with Crippen LogP contribution in [0.2, 0.25) is 5.02 Å². The van der Waals surface area contributed by atoms with E-state index in [-0.39, 0.29) is 22.0 Å². The topological polar surface area (TPSA) is 75.6 Å². The molecule has 0 radical (unpaired) electrons. The zero-order valence-corrected chi connectivity index (χ0v) is 13.7. The summed E-state index contributed by atoms with van der Waals surface area (Å²) in [7, 11) is 1.38. The van der Waals surface area contributed by atoms with E-state index in [0.717, 1.165) is 0 Å². The Morgan fingerprint density at radius 2 is 1.95 bits per heavy atom. The number of nitrogens with one attached hydrogen (secondary N) is 1. The third-order valence-electron chi connectivity index (χ3n) is 2.86. The molecule has 0 aliphatic rings. The molecule has 5 nitrogen and oxygen atoms in total. The minimum Gasteiger partial charge on any atom is -0.493 e. The second-order valence-corrected chi connectivity index (χ2v) is 5.54. The highest BCUT2D eigenvalue weighted by atomic mass is 79.9. The summed E-state index contributed by atoms with van der Waals surface area (Å²) in [5, 5.41) is 11.8. The van der Waals surface area contributed by atoms with Gasteiger partial charge in [0.25, 0.3) is 5.91 Å². The van der Waals surface area contributed by atoms with Gasteiger partial charge in [-0.25, -0.2) is 4.79 Å². The molecular weight excluding hydrogens is 374 g/mol. The van der Waals surface area contributed by atoms with Crippen molar-refractivity contribution >= 4 is 45.1 Å². The molecule has 0 atom stereocenters. The minimum atomic E-state index is -1.15. The van der Waals surface area contributed by atoms with E-state index in [9.17, 15) is 9.59 Å². The number of carboxylic acid groups (broad SMARTS) is 1. The molecule has 0 fully saturated rings. The first-order chi connectivity index (χ1) is 10.4. The number of carbonyl (C=O) groups is 2. The average molecular weight is 385 g/mol. The fourth-order valence-electron chi connectivity index (χ4n) is 1.85. The summed E-state index contributed by atoms with van der Waals surface area (Å²) < 4.78 is 5.74. The number of anilines is 1. The van der Waals surface area contributed by atoms with Gasteiger partial charge in [0.2, 0.25) is 0 Å². The Morgan fingerprint density at radius 1 is 1.27 bits per heavy atom. The molecular formula is C15H11BrClNO4. The monoisotopic (exact) mass is 383 g/mol. The number of aromatic carboxylic acids is 1. The van der Waals surface area contributed by atoms with Gasteiger partial charge in [-0.3, -0.25) is 4.79 Å². The van der Waals surface area contributed by atoms with Gasteiger partial charge in [0.05, 0.1) is 28.9 Å². The van der Waals surface area contributed by atoms with Gasteiger partial charge in [-0.2, -0.15) is 0 Å². The van der Waals surface area contributed by atoms with Crippen LogP contribution in [0.25, 0.3) is 0 Å². The predicted molar refractivity (Wildman–Crippen MR) is 87.1 cm³/mol. The van der Waals surface area contributed by atoms with Crippen molar-refractivity contribution in [3.8, 4) is 5.75 Å². The molecule has 0 heterocycles. The molecule has 0 aliphatic heterocycles. The quantitative estimate of drug-likeness (QED) is 0.833. The maximum absolute atomic E-state index is 12.3. The standard InChI is InChI=1S/C15H11BrClNO4/c1-22-13-11(17)6-8(15(20)21)7-12(13)18-14(19)9-4-2-3-5-10(9)16/h2-7H,1H3,(H,18,19)(H,20,21). The van der Waals surface area contributed by atoms with Crippen LogP contribution in [-0.2, 0) is 0 Å². The van der Waals surface area contributed by atoms with Crippen molar-refractivity contribution in [2.45, 2.75) is 0 Å². The Kier molecular flexibility index (Phi) is 5.05. The Labute approximate surface area is 140 Å². The first kappa shape index (κ1) is 16.3. The second-order valence-electron chi connectivity index (χ2n) is 4.28. The number of methoxy groups -OCH3 is 1. The van der Waals surface area contributed by atoms with Crippen LogP contribution in [0.15, 0.2) is 40.9 Å². The Bertz CT molecular complexity index is 748. The summed E-state index contributed by atoms with van der Waals surface area (Å²) >= 11 is 9.28. The third kappa shape index (κ3) is 3.40. The van der Waals surface area contributed by atoms with E-state index in [1.54, 1.807) is 24.3 Å². The summed E-state index contributed by atoms with van der Waals surface area (Å²) in [5.41, 5.74) is 0.544. The number of carbonyl (C=O) groups excluding carboxylic acids is 1. The fourth-order valence-corrected chi connectivity index (χ4v) is 2.61. The fraction of sp³-hybridized carbons (Fsp3) is 0.0667. The Hall–Kier alpha value is -2.05. The minimum absolute atomic E-state index is 0.0479. The van der Waals surface area contributed by atoms with E-state index in [1.807, 2.05) is 0 Å². The van der Waals surface area contributed by atoms with Crippen molar-refractivity contribution in [1.82, 2.24) is 0 Å². The van der Waals surface area contributed by atoms with Gasteiger partial charge in [-0.05, 0) is 40.2 Å². The van der Waals surface area contributed by atoms with E-state index in [0.29, 0.717) is 10.0 Å². The molecule has 0 unspecified atom stereocenters. The molecule has 0 saturated heterocycles. The van der Waals surface area contributed by atoms with Crippen LogP contribution in [0.5, 0.6) is 5.75 Å². The van der Waals surface area contributed by atoms with Gasteiger partial charge in [0.1, 0.15) is 0 Å². The van der Waals surface area contributed by atoms with E-state index in [2.05, 4.69) is 21.2 Å². The summed E-state index contributed by atoms with van der Waals surface area (Å²) in [4.78, 5) is 23.4. The van der Waals surface area contributed by atoms with E-state index in [4.69, 9.17) is 21.4 Å². The molecule has 2 aromatic carbocycles. The van der Waals surface area contributed by atoms with E-state index in [1.165, 1.54) is 19.2 Å². The summed E-state index contributed by atoms with van der Waals surface area (Å²) in [6.45, 7) is 0. The van der Waals surface area contributed by atoms with Crippen molar-refractivity contribution in [1.29, 1.82) is 0 Å². The first-order valence-electron chi connectivity index (χ1n) is 6.10.